The predicted octanol–water partition coefficient (Wildman–Crippen LogP) is 4.53. The second kappa shape index (κ2) is 10.3. The molecule has 4 rings (SSSR count). The van der Waals surface area contributed by atoms with Crippen molar-refractivity contribution in [3.8, 4) is 0 Å². The van der Waals surface area contributed by atoms with Crippen LogP contribution in [-0.2, 0) is 14.4 Å². The number of rotatable bonds is 6. The monoisotopic (exact) mass is 507 g/mol. The summed E-state index contributed by atoms with van der Waals surface area (Å²) in [4.78, 5) is 40.3. The molecule has 1 aliphatic heterocycles. The van der Waals surface area contributed by atoms with Gasteiger partial charge in [0.25, 0.3) is 5.91 Å². The normalized spacial score (nSPS) is 20.7. The fourth-order valence-corrected chi connectivity index (χ4v) is 4.79. The molecular weight excluding hydrogens is 483 g/mol. The first-order valence-corrected chi connectivity index (χ1v) is 11.8. The van der Waals surface area contributed by atoms with Gasteiger partial charge in [0, 0.05) is 41.6 Å². The molecule has 0 spiro atoms. The molecule has 35 heavy (non-hydrogen) atoms. The lowest BCUT2D eigenvalue weighted by Crippen LogP contribution is -2.52. The molecule has 0 bridgehead atoms. The van der Waals surface area contributed by atoms with E-state index in [4.69, 9.17) is 11.6 Å². The van der Waals surface area contributed by atoms with Crippen LogP contribution in [0.3, 0.4) is 0 Å². The second-order valence-electron chi connectivity index (χ2n) is 8.91. The number of carbonyl (C=O) groups excluding carboxylic acids is 3. The summed E-state index contributed by atoms with van der Waals surface area (Å²) in [6, 6.07) is 8.92. The lowest BCUT2D eigenvalue weighted by atomic mass is 9.91. The summed E-state index contributed by atoms with van der Waals surface area (Å²) in [7, 11) is 0. The van der Waals surface area contributed by atoms with Gasteiger partial charge in [-0.05, 0) is 43.5 Å². The van der Waals surface area contributed by atoms with Crippen molar-refractivity contribution in [2.45, 2.75) is 62.6 Å². The average Bonchev–Trinajstić information content (AvgIpc) is 3.25. The number of hydrogen-bond donors (Lipinski definition) is 2. The minimum Gasteiger partial charge on any atom is -0.351 e. The first-order valence-electron chi connectivity index (χ1n) is 11.5. The van der Waals surface area contributed by atoms with Crippen molar-refractivity contribution >= 4 is 35.0 Å². The quantitative estimate of drug-likeness (QED) is 0.603. The van der Waals surface area contributed by atoms with Crippen molar-refractivity contribution in [3.63, 3.8) is 0 Å². The Morgan fingerprint density at radius 1 is 1.09 bits per heavy atom. The third-order valence-corrected chi connectivity index (χ3v) is 6.73. The Morgan fingerprint density at radius 2 is 1.80 bits per heavy atom. The molecule has 1 saturated heterocycles. The van der Waals surface area contributed by atoms with E-state index in [0.29, 0.717) is 0 Å². The fourth-order valence-electron chi connectivity index (χ4n) is 4.56. The van der Waals surface area contributed by atoms with Gasteiger partial charge in [0.05, 0.1) is 0 Å². The van der Waals surface area contributed by atoms with Crippen molar-refractivity contribution in [2.75, 3.05) is 4.90 Å². The number of benzene rings is 2. The van der Waals surface area contributed by atoms with E-state index in [2.05, 4.69) is 10.6 Å². The van der Waals surface area contributed by atoms with Crippen molar-refractivity contribution in [2.24, 2.45) is 0 Å². The standard InChI is InChI=1S/C25H25ClF3N3O3/c26-19-7-2-1-6-18(19)22(23(34)30-16-10-12-25(28,29)13-11-16)32(17-5-3-4-15(27)14-17)24(35)20-8-9-21(33)31-20/h1-7,14,16,20,22H,8-13H2,(H,30,34)(H,31,33)/t20-,22?/m0/s1. The molecule has 0 aromatic heterocycles. The van der Waals surface area contributed by atoms with Gasteiger partial charge < -0.3 is 10.6 Å². The first-order chi connectivity index (χ1) is 16.6. The molecule has 0 radical (unpaired) electrons. The van der Waals surface area contributed by atoms with Gasteiger partial charge in [-0.15, -0.1) is 0 Å². The van der Waals surface area contributed by atoms with Crippen LogP contribution in [0.5, 0.6) is 0 Å². The lowest BCUT2D eigenvalue weighted by Gasteiger charge is -2.35. The maximum Gasteiger partial charge on any atom is 0.250 e. The summed E-state index contributed by atoms with van der Waals surface area (Å²) in [5.74, 6) is -4.92. The Kier molecular flexibility index (Phi) is 7.35. The number of nitrogens with zero attached hydrogens (tertiary/aromatic N) is 1. The highest BCUT2D eigenvalue weighted by Crippen LogP contribution is 2.36. The van der Waals surface area contributed by atoms with Crippen molar-refractivity contribution in [3.05, 3.63) is 64.9 Å². The number of hydrogen-bond acceptors (Lipinski definition) is 3. The molecule has 1 aliphatic carbocycles. The molecule has 1 saturated carbocycles. The Morgan fingerprint density at radius 3 is 2.43 bits per heavy atom. The molecule has 10 heteroatoms. The Bertz CT molecular complexity index is 1120. The Balaban J connectivity index is 1.74. The van der Waals surface area contributed by atoms with Crippen LogP contribution in [0.15, 0.2) is 48.5 Å². The highest BCUT2D eigenvalue weighted by atomic mass is 35.5. The van der Waals surface area contributed by atoms with Crippen molar-refractivity contribution in [1.82, 2.24) is 10.6 Å². The summed E-state index contributed by atoms with van der Waals surface area (Å²) in [5.41, 5.74) is 0.390. The summed E-state index contributed by atoms with van der Waals surface area (Å²) >= 11 is 6.43. The third kappa shape index (κ3) is 5.78. The maximum atomic E-state index is 14.2. The van der Waals surface area contributed by atoms with E-state index >= 15 is 0 Å². The van der Waals surface area contributed by atoms with Crippen LogP contribution in [0, 0.1) is 5.82 Å². The van der Waals surface area contributed by atoms with Crippen LogP contribution >= 0.6 is 11.6 Å². The van der Waals surface area contributed by atoms with E-state index in [1.54, 1.807) is 24.3 Å². The molecule has 2 N–H and O–H groups in total. The molecule has 2 aliphatic rings. The lowest BCUT2D eigenvalue weighted by molar-refractivity contribution is -0.129. The van der Waals surface area contributed by atoms with Crippen LogP contribution in [-0.4, -0.2) is 35.7 Å². The van der Waals surface area contributed by atoms with Crippen LogP contribution < -0.4 is 15.5 Å². The maximum absolute atomic E-state index is 14.2. The Hall–Kier alpha value is -3.07. The molecule has 6 nitrogen and oxygen atoms in total. The van der Waals surface area contributed by atoms with Crippen molar-refractivity contribution < 1.29 is 27.6 Å². The number of anilines is 1. The van der Waals surface area contributed by atoms with Gasteiger partial charge in [-0.3, -0.25) is 19.3 Å². The molecule has 186 valence electrons. The van der Waals surface area contributed by atoms with Crippen LogP contribution in [0.2, 0.25) is 5.02 Å². The van der Waals surface area contributed by atoms with Crippen LogP contribution in [0.4, 0.5) is 18.9 Å². The fraction of sp³-hybridized carbons (Fsp3) is 0.400. The third-order valence-electron chi connectivity index (χ3n) is 6.39. The minimum atomic E-state index is -2.77. The molecule has 2 atom stereocenters. The molecule has 1 heterocycles. The molecule has 2 aromatic carbocycles. The van der Waals surface area contributed by atoms with E-state index in [1.807, 2.05) is 0 Å². The van der Waals surface area contributed by atoms with E-state index in [0.717, 1.165) is 11.0 Å². The van der Waals surface area contributed by atoms with Gasteiger partial charge in [0.1, 0.15) is 17.9 Å². The van der Waals surface area contributed by atoms with Gasteiger partial charge >= 0.3 is 0 Å². The zero-order valence-corrected chi connectivity index (χ0v) is 19.5. The topological polar surface area (TPSA) is 78.5 Å². The Labute approximate surface area is 205 Å². The summed E-state index contributed by atoms with van der Waals surface area (Å²) < 4.78 is 41.5. The average molecular weight is 508 g/mol. The molecule has 3 amide bonds. The largest absolute Gasteiger partial charge is 0.351 e. The van der Waals surface area contributed by atoms with Gasteiger partial charge in [-0.1, -0.05) is 35.9 Å². The summed E-state index contributed by atoms with van der Waals surface area (Å²) in [6.07, 6.45) is -0.170. The number of amides is 3. The second-order valence-corrected chi connectivity index (χ2v) is 9.32. The van der Waals surface area contributed by atoms with E-state index in [9.17, 15) is 27.6 Å². The van der Waals surface area contributed by atoms with Gasteiger partial charge in [0.2, 0.25) is 17.7 Å². The number of alkyl halides is 2. The molecule has 1 unspecified atom stereocenters. The summed E-state index contributed by atoms with van der Waals surface area (Å²) in [6.45, 7) is 0. The highest BCUT2D eigenvalue weighted by Gasteiger charge is 2.41. The summed E-state index contributed by atoms with van der Waals surface area (Å²) in [5, 5.41) is 5.59. The van der Waals surface area contributed by atoms with Gasteiger partial charge in [-0.2, -0.15) is 0 Å². The first kappa shape index (κ1) is 25.0. The molecular formula is C25H25ClF3N3O3. The van der Waals surface area contributed by atoms with Crippen LogP contribution in [0.1, 0.15) is 50.1 Å². The highest BCUT2D eigenvalue weighted by molar-refractivity contribution is 6.31. The number of nitrogens with one attached hydrogen (secondary N) is 2. The smallest absolute Gasteiger partial charge is 0.250 e. The van der Waals surface area contributed by atoms with Crippen LogP contribution in [0.25, 0.3) is 0 Å². The molecule has 2 aromatic rings. The predicted molar refractivity (Wildman–Crippen MR) is 125 cm³/mol. The van der Waals surface area contributed by atoms with Crippen molar-refractivity contribution in [1.29, 1.82) is 0 Å². The zero-order valence-electron chi connectivity index (χ0n) is 18.8. The van der Waals surface area contributed by atoms with E-state index < -0.39 is 41.7 Å². The minimum absolute atomic E-state index is 0.0839. The van der Waals surface area contributed by atoms with Gasteiger partial charge in [-0.25, -0.2) is 13.2 Å². The zero-order chi connectivity index (χ0) is 25.2. The van der Waals surface area contributed by atoms with Gasteiger partial charge in [0.15, 0.2) is 0 Å². The molecule has 2 fully saturated rings. The number of halogens is 4. The SMILES string of the molecule is O=C1CC[C@@H](C(=O)N(c2cccc(F)c2)C(C(=O)NC2CCC(F)(F)CC2)c2ccccc2Cl)N1. The van der Waals surface area contributed by atoms with E-state index in [1.165, 1.54) is 18.2 Å². The number of carbonyl (C=O) groups is 3. The van der Waals surface area contributed by atoms with E-state index in [-0.39, 0.29) is 60.7 Å².